The fourth-order valence-electron chi connectivity index (χ4n) is 9.04. The van der Waals surface area contributed by atoms with Gasteiger partial charge in [-0.3, -0.25) is 4.79 Å². The Bertz CT molecular complexity index is 2950. The summed E-state index contributed by atoms with van der Waals surface area (Å²) in [4.78, 5) is 23.9. The molecule has 10 nitrogen and oxygen atoms in total. The number of esters is 1. The summed E-state index contributed by atoms with van der Waals surface area (Å²) < 4.78 is 45.4. The summed E-state index contributed by atoms with van der Waals surface area (Å²) in [6, 6.07) is 57.6. The molecule has 0 saturated heterocycles. The van der Waals surface area contributed by atoms with Crippen LogP contribution in [0.5, 0.6) is 23.0 Å². The Labute approximate surface area is 389 Å². The van der Waals surface area contributed by atoms with E-state index in [0.717, 1.165) is 49.5 Å². The van der Waals surface area contributed by atoms with Crippen LogP contribution in [0.15, 0.2) is 170 Å². The second kappa shape index (κ2) is 20.6. The standard InChI is InChI=1S/C57H50O10/c1-39(58)61-31-32-62-44-24-20-42(21-25-44)57(52-17-9-7-15-49(52)50-16-8-10-18-53(50)57)43-22-26-45(27-23-43)63-33-35-66-56(59)67-36-34-65-54-28-19-40-11-3-6-14-48(40)55(54)51-38-46(64-30-29-60-2)37-41-12-4-5-13-47(41)51/h3-28,37-38H,29-36H2,1-2H3. The minimum atomic E-state index is -0.811. The largest absolute Gasteiger partial charge is 0.508 e. The Morgan fingerprint density at radius 1 is 0.433 bits per heavy atom. The predicted octanol–water partition coefficient (Wildman–Crippen LogP) is 11.6. The lowest BCUT2D eigenvalue weighted by Gasteiger charge is -2.34. The third-order valence-electron chi connectivity index (χ3n) is 11.9. The first-order valence-corrected chi connectivity index (χ1v) is 22.3. The number of methoxy groups -OCH3 is 1. The maximum absolute atomic E-state index is 12.7. The van der Waals surface area contributed by atoms with Crippen molar-refractivity contribution in [2.75, 3.05) is 60.0 Å². The van der Waals surface area contributed by atoms with Gasteiger partial charge in [0.2, 0.25) is 0 Å². The van der Waals surface area contributed by atoms with Gasteiger partial charge < -0.3 is 37.9 Å². The Kier molecular flexibility index (Phi) is 13.6. The second-order valence-corrected chi connectivity index (χ2v) is 15.9. The summed E-state index contributed by atoms with van der Waals surface area (Å²) in [5.74, 6) is 2.35. The molecular weight excluding hydrogens is 845 g/mol. The summed E-state index contributed by atoms with van der Waals surface area (Å²) >= 11 is 0. The molecule has 0 bridgehead atoms. The van der Waals surface area contributed by atoms with E-state index in [1.165, 1.54) is 29.2 Å². The number of rotatable bonds is 19. The van der Waals surface area contributed by atoms with E-state index in [1.54, 1.807) is 7.11 Å². The molecule has 9 rings (SSSR count). The highest BCUT2D eigenvalue weighted by Crippen LogP contribution is 2.56. The highest BCUT2D eigenvalue weighted by molar-refractivity contribution is 6.08. The summed E-state index contributed by atoms with van der Waals surface area (Å²) in [5, 5.41) is 4.18. The third kappa shape index (κ3) is 9.48. The minimum Gasteiger partial charge on any atom is -0.491 e. The smallest absolute Gasteiger partial charge is 0.491 e. The molecule has 0 saturated carbocycles. The van der Waals surface area contributed by atoms with Crippen LogP contribution in [0, 0.1) is 0 Å². The lowest BCUT2D eigenvalue weighted by molar-refractivity contribution is -0.141. The van der Waals surface area contributed by atoms with Gasteiger partial charge in [-0.05, 0) is 103 Å². The minimum absolute atomic E-state index is 0.00782. The van der Waals surface area contributed by atoms with Gasteiger partial charge in [0.05, 0.1) is 12.0 Å². The van der Waals surface area contributed by atoms with E-state index in [-0.39, 0.29) is 45.6 Å². The molecule has 0 fully saturated rings. The Morgan fingerprint density at radius 3 is 1.55 bits per heavy atom. The van der Waals surface area contributed by atoms with Crippen molar-refractivity contribution in [3.63, 3.8) is 0 Å². The van der Waals surface area contributed by atoms with Crippen LogP contribution in [0.2, 0.25) is 0 Å². The summed E-state index contributed by atoms with van der Waals surface area (Å²) in [6.07, 6.45) is -0.811. The summed E-state index contributed by atoms with van der Waals surface area (Å²) in [7, 11) is 1.65. The van der Waals surface area contributed by atoms with E-state index in [0.29, 0.717) is 30.5 Å². The van der Waals surface area contributed by atoms with Gasteiger partial charge in [-0.25, -0.2) is 4.79 Å². The van der Waals surface area contributed by atoms with Gasteiger partial charge in [0, 0.05) is 19.6 Å². The molecule has 0 atom stereocenters. The maximum Gasteiger partial charge on any atom is 0.508 e. The Hall–Kier alpha value is -7.82. The Morgan fingerprint density at radius 2 is 0.940 bits per heavy atom. The van der Waals surface area contributed by atoms with Crippen LogP contribution >= 0.6 is 0 Å². The molecule has 1 aliphatic carbocycles. The van der Waals surface area contributed by atoms with Crippen LogP contribution in [0.25, 0.3) is 43.8 Å². The van der Waals surface area contributed by atoms with Crippen molar-refractivity contribution in [3.8, 4) is 45.3 Å². The zero-order valence-electron chi connectivity index (χ0n) is 37.4. The van der Waals surface area contributed by atoms with Crippen molar-refractivity contribution in [1.82, 2.24) is 0 Å². The maximum atomic E-state index is 12.7. The number of ether oxygens (including phenoxy) is 8. The van der Waals surface area contributed by atoms with E-state index in [1.807, 2.05) is 72.8 Å². The topological polar surface area (TPSA) is 108 Å². The van der Waals surface area contributed by atoms with Gasteiger partial charge in [-0.1, -0.05) is 127 Å². The lowest BCUT2D eigenvalue weighted by atomic mass is 9.68. The molecule has 0 aromatic heterocycles. The van der Waals surface area contributed by atoms with Crippen LogP contribution < -0.4 is 18.9 Å². The Balaban J connectivity index is 0.834. The van der Waals surface area contributed by atoms with Crippen molar-refractivity contribution >= 4 is 33.7 Å². The third-order valence-corrected chi connectivity index (χ3v) is 11.9. The number of fused-ring (bicyclic) bond motifs is 5. The zero-order valence-corrected chi connectivity index (χ0v) is 37.4. The van der Waals surface area contributed by atoms with Gasteiger partial charge in [-0.2, -0.15) is 0 Å². The van der Waals surface area contributed by atoms with Crippen LogP contribution in [0.4, 0.5) is 4.79 Å². The highest BCUT2D eigenvalue weighted by atomic mass is 16.7. The first kappa shape index (κ1) is 44.4. The molecule has 0 unspecified atom stereocenters. The number of carbonyl (C=O) groups is 2. The second-order valence-electron chi connectivity index (χ2n) is 15.9. The van der Waals surface area contributed by atoms with E-state index in [4.69, 9.17) is 37.9 Å². The monoisotopic (exact) mass is 894 g/mol. The number of hydrogen-bond acceptors (Lipinski definition) is 10. The number of carbonyl (C=O) groups excluding carboxylic acids is 2. The number of hydrogen-bond donors (Lipinski definition) is 0. The molecule has 8 aromatic carbocycles. The molecule has 338 valence electrons. The van der Waals surface area contributed by atoms with Crippen molar-refractivity contribution in [2.45, 2.75) is 12.3 Å². The average molecular weight is 895 g/mol. The van der Waals surface area contributed by atoms with Gasteiger partial charge >= 0.3 is 12.1 Å². The SMILES string of the molecule is COCCOc1cc(-c2c(OCCOC(=O)OCCOc3ccc(C4(c5ccc(OCCOC(C)=O)cc5)c5ccccc5-c5ccccc54)cc3)ccc3ccccc23)c2ccccc2c1. The average Bonchev–Trinajstić information content (AvgIpc) is 3.66. The molecule has 67 heavy (non-hydrogen) atoms. The van der Waals surface area contributed by atoms with Gasteiger partial charge in [-0.15, -0.1) is 0 Å². The van der Waals surface area contributed by atoms with Crippen molar-refractivity contribution < 1.29 is 47.5 Å². The molecule has 0 heterocycles. The van der Waals surface area contributed by atoms with Crippen LogP contribution in [0.3, 0.4) is 0 Å². The van der Waals surface area contributed by atoms with Crippen LogP contribution in [-0.2, 0) is 29.2 Å². The summed E-state index contributed by atoms with van der Waals surface area (Å²) in [6.45, 7) is 2.92. The van der Waals surface area contributed by atoms with E-state index < -0.39 is 11.6 Å². The molecule has 8 aromatic rings. The van der Waals surface area contributed by atoms with Gasteiger partial charge in [0.25, 0.3) is 0 Å². The predicted molar refractivity (Wildman–Crippen MR) is 258 cm³/mol. The normalized spacial score (nSPS) is 12.2. The first-order valence-electron chi connectivity index (χ1n) is 22.3. The van der Waals surface area contributed by atoms with Crippen LogP contribution in [0.1, 0.15) is 29.2 Å². The number of benzene rings is 8. The lowest BCUT2D eigenvalue weighted by Crippen LogP contribution is -2.28. The molecule has 0 aliphatic heterocycles. The van der Waals surface area contributed by atoms with Gasteiger partial charge in [0.1, 0.15) is 69.2 Å². The molecule has 0 amide bonds. The van der Waals surface area contributed by atoms with Crippen molar-refractivity contribution in [2.24, 2.45) is 0 Å². The summed E-state index contributed by atoms with van der Waals surface area (Å²) in [5.41, 5.74) is 8.10. The van der Waals surface area contributed by atoms with E-state index >= 15 is 0 Å². The molecule has 0 spiro atoms. The molecule has 0 radical (unpaired) electrons. The quantitative estimate of drug-likeness (QED) is 0.0575. The molecule has 10 heteroatoms. The fraction of sp³-hybridized carbons (Fsp3) is 0.193. The first-order chi connectivity index (χ1) is 32.9. The molecule has 1 aliphatic rings. The molecular formula is C57H50O10. The highest BCUT2D eigenvalue weighted by Gasteiger charge is 2.45. The van der Waals surface area contributed by atoms with Gasteiger partial charge in [0.15, 0.2) is 0 Å². The molecule has 0 N–H and O–H groups in total. The zero-order chi connectivity index (χ0) is 46.0. The fourth-order valence-corrected chi connectivity index (χ4v) is 9.04. The van der Waals surface area contributed by atoms with Crippen LogP contribution in [-0.4, -0.2) is 72.1 Å². The van der Waals surface area contributed by atoms with Crippen molar-refractivity contribution in [3.05, 3.63) is 192 Å². The van der Waals surface area contributed by atoms with E-state index in [9.17, 15) is 9.59 Å². The van der Waals surface area contributed by atoms with Crippen molar-refractivity contribution in [1.29, 1.82) is 0 Å². The van der Waals surface area contributed by atoms with E-state index in [2.05, 4.69) is 97.1 Å².